The van der Waals surface area contributed by atoms with E-state index in [4.69, 9.17) is 0 Å². The Kier molecular flexibility index (Phi) is 3.56. The Morgan fingerprint density at radius 2 is 1.85 bits per heavy atom. The van der Waals surface area contributed by atoms with Crippen molar-refractivity contribution in [3.05, 3.63) is 28.4 Å². The Hall–Kier alpha value is -1.18. The van der Waals surface area contributed by atoms with Crippen molar-refractivity contribution in [3.8, 4) is 0 Å². The van der Waals surface area contributed by atoms with Gasteiger partial charge in [0.2, 0.25) is 6.17 Å². The standard InChI is InChI=1S/C12H12BrF4N3/c1-11(2,3)9-10(13)20-5-18-6(4-7(20)19-9)8(14)12(15,16)17/h4-5,8H,1-3H3. The van der Waals surface area contributed by atoms with Crippen LogP contribution in [0.25, 0.3) is 5.65 Å². The van der Waals surface area contributed by atoms with Gasteiger partial charge in [-0.25, -0.2) is 14.4 Å². The van der Waals surface area contributed by atoms with Crippen molar-refractivity contribution in [3.63, 3.8) is 0 Å². The molecule has 0 saturated carbocycles. The quantitative estimate of drug-likeness (QED) is 0.713. The molecule has 0 aromatic carbocycles. The van der Waals surface area contributed by atoms with E-state index in [2.05, 4.69) is 25.9 Å². The van der Waals surface area contributed by atoms with Crippen LogP contribution in [-0.4, -0.2) is 20.5 Å². The topological polar surface area (TPSA) is 30.2 Å². The predicted octanol–water partition coefficient (Wildman–Crippen LogP) is 4.36. The minimum Gasteiger partial charge on any atom is -0.277 e. The molecule has 0 N–H and O–H groups in total. The van der Waals surface area contributed by atoms with Gasteiger partial charge in [0, 0.05) is 11.5 Å². The number of alkyl halides is 4. The number of fused-ring (bicyclic) bond motifs is 1. The van der Waals surface area contributed by atoms with Crippen LogP contribution >= 0.6 is 15.9 Å². The Bertz CT molecular complexity index is 642. The van der Waals surface area contributed by atoms with Crippen LogP contribution in [0.15, 0.2) is 17.0 Å². The van der Waals surface area contributed by atoms with E-state index in [0.29, 0.717) is 10.3 Å². The molecule has 1 atom stereocenters. The van der Waals surface area contributed by atoms with E-state index >= 15 is 0 Å². The number of aromatic nitrogens is 3. The van der Waals surface area contributed by atoms with Gasteiger partial charge in [0.25, 0.3) is 0 Å². The third-order valence-corrected chi connectivity index (χ3v) is 3.49. The molecule has 110 valence electrons. The summed E-state index contributed by atoms with van der Waals surface area (Å²) in [4.78, 5) is 7.78. The van der Waals surface area contributed by atoms with E-state index in [9.17, 15) is 17.6 Å². The van der Waals surface area contributed by atoms with Crippen LogP contribution in [0.4, 0.5) is 17.6 Å². The third-order valence-electron chi connectivity index (χ3n) is 2.74. The summed E-state index contributed by atoms with van der Waals surface area (Å²) in [5.74, 6) is 0. The molecular formula is C12H12BrF4N3. The second kappa shape index (κ2) is 4.68. The first-order valence-corrected chi connectivity index (χ1v) is 6.56. The van der Waals surface area contributed by atoms with E-state index in [1.807, 2.05) is 20.8 Å². The molecule has 0 radical (unpaired) electrons. The molecule has 0 bridgehead atoms. The summed E-state index contributed by atoms with van der Waals surface area (Å²) in [6, 6.07) is 1.01. The van der Waals surface area contributed by atoms with E-state index in [-0.39, 0.29) is 11.1 Å². The predicted molar refractivity (Wildman–Crippen MR) is 69.3 cm³/mol. The number of halogens is 5. The highest BCUT2D eigenvalue weighted by Crippen LogP contribution is 2.36. The van der Waals surface area contributed by atoms with Crippen molar-refractivity contribution in [2.75, 3.05) is 0 Å². The number of hydrogen-bond donors (Lipinski definition) is 0. The Labute approximate surface area is 121 Å². The summed E-state index contributed by atoms with van der Waals surface area (Å²) in [6.45, 7) is 5.75. The summed E-state index contributed by atoms with van der Waals surface area (Å²) in [5.41, 5.74) is -0.106. The highest BCUT2D eigenvalue weighted by Gasteiger charge is 2.42. The monoisotopic (exact) mass is 353 g/mol. The molecular weight excluding hydrogens is 342 g/mol. The Morgan fingerprint density at radius 3 is 2.35 bits per heavy atom. The number of nitrogens with zero attached hydrogens (tertiary/aromatic N) is 3. The molecule has 2 rings (SSSR count). The largest absolute Gasteiger partial charge is 0.425 e. The zero-order valence-corrected chi connectivity index (χ0v) is 12.5. The van der Waals surface area contributed by atoms with Crippen LogP contribution in [0.1, 0.15) is 38.3 Å². The molecule has 8 heteroatoms. The summed E-state index contributed by atoms with van der Waals surface area (Å²) in [6.07, 6.45) is -6.95. The molecule has 1 unspecified atom stereocenters. The highest BCUT2D eigenvalue weighted by atomic mass is 79.9. The molecule has 3 nitrogen and oxygen atoms in total. The molecule has 0 spiro atoms. The highest BCUT2D eigenvalue weighted by molar-refractivity contribution is 9.10. The fraction of sp³-hybridized carbons (Fsp3) is 0.500. The summed E-state index contributed by atoms with van der Waals surface area (Å²) >= 11 is 3.33. The summed E-state index contributed by atoms with van der Waals surface area (Å²) in [5, 5.41) is 0. The summed E-state index contributed by atoms with van der Waals surface area (Å²) in [7, 11) is 0. The summed E-state index contributed by atoms with van der Waals surface area (Å²) < 4.78 is 52.4. The molecule has 0 aliphatic rings. The van der Waals surface area contributed by atoms with Gasteiger partial charge in [-0.2, -0.15) is 13.2 Å². The maximum Gasteiger partial charge on any atom is 0.425 e. The fourth-order valence-corrected chi connectivity index (χ4v) is 2.67. The van der Waals surface area contributed by atoms with Gasteiger partial charge >= 0.3 is 6.18 Å². The van der Waals surface area contributed by atoms with E-state index in [1.54, 1.807) is 0 Å². The van der Waals surface area contributed by atoms with Gasteiger partial charge < -0.3 is 0 Å². The second-order valence-corrected chi connectivity index (χ2v) is 6.20. The zero-order valence-electron chi connectivity index (χ0n) is 11.0. The van der Waals surface area contributed by atoms with Gasteiger partial charge in [0.05, 0.1) is 11.4 Å². The van der Waals surface area contributed by atoms with Crippen molar-refractivity contribution < 1.29 is 17.6 Å². The maximum atomic E-state index is 13.3. The molecule has 0 amide bonds. The molecule has 2 aromatic rings. The minimum absolute atomic E-state index is 0.221. The number of rotatable bonds is 1. The molecule has 2 heterocycles. The van der Waals surface area contributed by atoms with Crippen molar-refractivity contribution in [2.45, 2.75) is 38.5 Å². The molecule has 0 aliphatic carbocycles. The van der Waals surface area contributed by atoms with E-state index in [1.165, 1.54) is 4.40 Å². The van der Waals surface area contributed by atoms with Gasteiger partial charge in [-0.1, -0.05) is 20.8 Å². The SMILES string of the molecule is CC(C)(C)c1nc2cc(C(F)C(F)(F)F)ncn2c1Br. The van der Waals surface area contributed by atoms with Crippen molar-refractivity contribution in [1.82, 2.24) is 14.4 Å². The zero-order chi connectivity index (χ0) is 15.3. The van der Waals surface area contributed by atoms with Gasteiger partial charge in [-0.15, -0.1) is 0 Å². The third kappa shape index (κ3) is 2.65. The lowest BCUT2D eigenvalue weighted by Crippen LogP contribution is -2.17. The van der Waals surface area contributed by atoms with Crippen LogP contribution < -0.4 is 0 Å². The molecule has 0 fully saturated rings. The average molecular weight is 354 g/mol. The van der Waals surface area contributed by atoms with Gasteiger partial charge in [0.15, 0.2) is 0 Å². The van der Waals surface area contributed by atoms with Crippen LogP contribution in [-0.2, 0) is 5.41 Å². The average Bonchev–Trinajstić information content (AvgIpc) is 2.64. The first-order chi connectivity index (χ1) is 9.01. The smallest absolute Gasteiger partial charge is 0.277 e. The first kappa shape index (κ1) is 15.2. The van der Waals surface area contributed by atoms with Crippen molar-refractivity contribution >= 4 is 21.6 Å². The lowest BCUT2D eigenvalue weighted by molar-refractivity contribution is -0.183. The Morgan fingerprint density at radius 1 is 1.25 bits per heavy atom. The number of imidazole rings is 1. The van der Waals surface area contributed by atoms with E-state index in [0.717, 1.165) is 12.4 Å². The molecule has 2 aromatic heterocycles. The fourth-order valence-electron chi connectivity index (χ4n) is 1.72. The molecule has 0 saturated heterocycles. The first-order valence-electron chi connectivity index (χ1n) is 5.76. The lowest BCUT2D eigenvalue weighted by atomic mass is 9.93. The van der Waals surface area contributed by atoms with Gasteiger partial charge in [0.1, 0.15) is 16.6 Å². The lowest BCUT2D eigenvalue weighted by Gasteiger charge is -2.15. The van der Waals surface area contributed by atoms with Crippen LogP contribution in [0.2, 0.25) is 0 Å². The minimum atomic E-state index is -4.97. The van der Waals surface area contributed by atoms with Crippen molar-refractivity contribution in [1.29, 1.82) is 0 Å². The number of hydrogen-bond acceptors (Lipinski definition) is 2. The van der Waals surface area contributed by atoms with Gasteiger partial charge in [-0.3, -0.25) is 4.40 Å². The van der Waals surface area contributed by atoms with Gasteiger partial charge in [-0.05, 0) is 15.9 Å². The van der Waals surface area contributed by atoms with Crippen LogP contribution in [0.5, 0.6) is 0 Å². The normalized spacial score (nSPS) is 14.8. The van der Waals surface area contributed by atoms with Crippen molar-refractivity contribution in [2.24, 2.45) is 0 Å². The maximum absolute atomic E-state index is 13.3. The van der Waals surface area contributed by atoms with E-state index < -0.39 is 18.0 Å². The van der Waals surface area contributed by atoms with Crippen LogP contribution in [0.3, 0.4) is 0 Å². The molecule has 20 heavy (non-hydrogen) atoms. The van der Waals surface area contributed by atoms with Crippen LogP contribution in [0, 0.1) is 0 Å². The molecule has 0 aliphatic heterocycles. The Balaban J connectivity index is 2.56. The second-order valence-electron chi connectivity index (χ2n) is 5.45.